The minimum absolute atomic E-state index is 0.0149. The predicted molar refractivity (Wildman–Crippen MR) is 60.2 cm³/mol. The number of carbonyl (C=O) groups is 1. The van der Waals surface area contributed by atoms with Crippen LogP contribution in [0.1, 0.15) is 6.42 Å². The van der Waals surface area contributed by atoms with Gasteiger partial charge in [0.05, 0.1) is 12.6 Å². The van der Waals surface area contributed by atoms with E-state index in [1.54, 1.807) is 17.0 Å². The maximum atomic E-state index is 12.8. The average molecular weight is 239 g/mol. The SMILES string of the molecule is O=C1COCC(CCO)N1c1ccc(F)cc1. The van der Waals surface area contributed by atoms with Crippen molar-refractivity contribution in [3.05, 3.63) is 30.1 Å². The lowest BCUT2D eigenvalue weighted by molar-refractivity contribution is -0.127. The van der Waals surface area contributed by atoms with E-state index in [2.05, 4.69) is 0 Å². The molecule has 1 amide bonds. The van der Waals surface area contributed by atoms with E-state index in [1.165, 1.54) is 12.1 Å². The van der Waals surface area contributed by atoms with Crippen molar-refractivity contribution >= 4 is 11.6 Å². The van der Waals surface area contributed by atoms with Crippen LogP contribution in [0.15, 0.2) is 24.3 Å². The highest BCUT2D eigenvalue weighted by Crippen LogP contribution is 2.22. The molecule has 92 valence electrons. The van der Waals surface area contributed by atoms with Gasteiger partial charge in [-0.2, -0.15) is 0 Å². The number of anilines is 1. The molecule has 1 N–H and O–H groups in total. The number of ether oxygens (including phenoxy) is 1. The van der Waals surface area contributed by atoms with E-state index in [9.17, 15) is 9.18 Å². The Bertz CT molecular complexity index is 391. The van der Waals surface area contributed by atoms with Gasteiger partial charge >= 0.3 is 0 Å². The predicted octanol–water partition coefficient (Wildman–Crippen LogP) is 0.940. The van der Waals surface area contributed by atoms with Crippen LogP contribution in [0, 0.1) is 5.82 Å². The molecule has 5 heteroatoms. The highest BCUT2D eigenvalue weighted by atomic mass is 19.1. The van der Waals surface area contributed by atoms with Gasteiger partial charge < -0.3 is 14.7 Å². The number of benzene rings is 1. The van der Waals surface area contributed by atoms with Crippen LogP contribution in [-0.4, -0.2) is 36.9 Å². The fourth-order valence-corrected chi connectivity index (χ4v) is 1.95. The summed E-state index contributed by atoms with van der Waals surface area (Å²) in [5, 5.41) is 8.96. The van der Waals surface area contributed by atoms with Crippen molar-refractivity contribution in [3.63, 3.8) is 0 Å². The summed E-state index contributed by atoms with van der Waals surface area (Å²) in [6.07, 6.45) is 0.448. The van der Waals surface area contributed by atoms with Crippen molar-refractivity contribution in [2.24, 2.45) is 0 Å². The van der Waals surface area contributed by atoms with Crippen LogP contribution in [0.5, 0.6) is 0 Å². The molecule has 0 radical (unpaired) electrons. The Labute approximate surface area is 98.6 Å². The van der Waals surface area contributed by atoms with Gasteiger partial charge in [0.25, 0.3) is 5.91 Å². The van der Waals surface area contributed by atoms with Gasteiger partial charge in [-0.05, 0) is 30.7 Å². The van der Waals surface area contributed by atoms with Crippen molar-refractivity contribution in [3.8, 4) is 0 Å². The number of hydrogen-bond acceptors (Lipinski definition) is 3. The zero-order chi connectivity index (χ0) is 12.3. The molecule has 2 rings (SSSR count). The molecule has 1 aromatic carbocycles. The van der Waals surface area contributed by atoms with E-state index in [4.69, 9.17) is 9.84 Å². The lowest BCUT2D eigenvalue weighted by Crippen LogP contribution is -2.50. The summed E-state index contributed by atoms with van der Waals surface area (Å²) in [5.41, 5.74) is 0.637. The van der Waals surface area contributed by atoms with Gasteiger partial charge in [0.2, 0.25) is 0 Å². The Morgan fingerprint density at radius 3 is 2.76 bits per heavy atom. The Morgan fingerprint density at radius 1 is 1.41 bits per heavy atom. The van der Waals surface area contributed by atoms with Crippen LogP contribution < -0.4 is 4.90 Å². The monoisotopic (exact) mass is 239 g/mol. The van der Waals surface area contributed by atoms with Crippen LogP contribution in [0.25, 0.3) is 0 Å². The Balaban J connectivity index is 2.24. The number of aliphatic hydroxyl groups is 1. The molecule has 1 atom stereocenters. The second-order valence-electron chi connectivity index (χ2n) is 3.92. The molecular weight excluding hydrogens is 225 g/mol. The fraction of sp³-hybridized carbons (Fsp3) is 0.417. The zero-order valence-corrected chi connectivity index (χ0v) is 9.30. The average Bonchev–Trinajstić information content (AvgIpc) is 2.32. The molecule has 17 heavy (non-hydrogen) atoms. The maximum Gasteiger partial charge on any atom is 0.253 e. The lowest BCUT2D eigenvalue weighted by atomic mass is 10.1. The first kappa shape index (κ1) is 12.0. The van der Waals surface area contributed by atoms with E-state index in [0.29, 0.717) is 18.7 Å². The van der Waals surface area contributed by atoms with Crippen LogP contribution in [0.4, 0.5) is 10.1 Å². The summed E-state index contributed by atoms with van der Waals surface area (Å²) >= 11 is 0. The Hall–Kier alpha value is -1.46. The van der Waals surface area contributed by atoms with Crippen molar-refractivity contribution in [1.82, 2.24) is 0 Å². The van der Waals surface area contributed by atoms with E-state index in [0.717, 1.165) is 0 Å². The Morgan fingerprint density at radius 2 is 2.12 bits per heavy atom. The van der Waals surface area contributed by atoms with Gasteiger partial charge in [0.1, 0.15) is 12.4 Å². The summed E-state index contributed by atoms with van der Waals surface area (Å²) in [7, 11) is 0. The van der Waals surface area contributed by atoms with Crippen molar-refractivity contribution in [2.75, 3.05) is 24.7 Å². The summed E-state index contributed by atoms with van der Waals surface area (Å²) in [4.78, 5) is 13.4. The van der Waals surface area contributed by atoms with Crippen molar-refractivity contribution in [2.45, 2.75) is 12.5 Å². The largest absolute Gasteiger partial charge is 0.396 e. The highest BCUT2D eigenvalue weighted by molar-refractivity contribution is 5.95. The first-order valence-electron chi connectivity index (χ1n) is 5.48. The maximum absolute atomic E-state index is 12.8. The van der Waals surface area contributed by atoms with Gasteiger partial charge in [0.15, 0.2) is 0 Å². The summed E-state index contributed by atoms with van der Waals surface area (Å²) in [6.45, 7) is 0.405. The normalized spacial score (nSPS) is 20.7. The third kappa shape index (κ3) is 2.62. The molecule has 1 aromatic rings. The summed E-state index contributed by atoms with van der Waals surface area (Å²) in [5.74, 6) is -0.505. The van der Waals surface area contributed by atoms with Crippen LogP contribution in [-0.2, 0) is 9.53 Å². The van der Waals surface area contributed by atoms with E-state index < -0.39 is 0 Å². The molecule has 0 aliphatic carbocycles. The molecule has 4 nitrogen and oxygen atoms in total. The van der Waals surface area contributed by atoms with Gasteiger partial charge in [-0.1, -0.05) is 0 Å². The third-order valence-electron chi connectivity index (χ3n) is 2.74. The first-order valence-corrected chi connectivity index (χ1v) is 5.48. The Kier molecular flexibility index (Phi) is 3.71. The first-order chi connectivity index (χ1) is 8.22. The van der Waals surface area contributed by atoms with Crippen molar-refractivity contribution < 1.29 is 19.0 Å². The van der Waals surface area contributed by atoms with Gasteiger partial charge in [-0.15, -0.1) is 0 Å². The number of nitrogens with zero attached hydrogens (tertiary/aromatic N) is 1. The molecule has 0 saturated carbocycles. The molecule has 1 heterocycles. The molecule has 0 bridgehead atoms. The minimum Gasteiger partial charge on any atom is -0.396 e. The number of aliphatic hydroxyl groups excluding tert-OH is 1. The van der Waals surface area contributed by atoms with E-state index in [1.807, 2.05) is 0 Å². The zero-order valence-electron chi connectivity index (χ0n) is 9.30. The third-order valence-corrected chi connectivity index (χ3v) is 2.74. The molecule has 0 aromatic heterocycles. The summed E-state index contributed by atoms with van der Waals surface area (Å²) < 4.78 is 18.0. The smallest absolute Gasteiger partial charge is 0.253 e. The molecule has 1 aliphatic heterocycles. The highest BCUT2D eigenvalue weighted by Gasteiger charge is 2.29. The molecule has 0 spiro atoms. The van der Waals surface area contributed by atoms with Gasteiger partial charge in [-0.3, -0.25) is 4.79 Å². The van der Waals surface area contributed by atoms with Crippen LogP contribution in [0.3, 0.4) is 0 Å². The molecule has 1 fully saturated rings. The summed E-state index contributed by atoms with van der Waals surface area (Å²) in [6, 6.07) is 5.56. The number of morpholine rings is 1. The molecule has 1 aliphatic rings. The van der Waals surface area contributed by atoms with Crippen LogP contribution in [0.2, 0.25) is 0 Å². The number of halogens is 1. The van der Waals surface area contributed by atoms with Crippen LogP contribution >= 0.6 is 0 Å². The standard InChI is InChI=1S/C12H14FNO3/c13-9-1-3-10(4-2-9)14-11(5-6-15)7-17-8-12(14)16/h1-4,11,15H,5-8H2. The number of rotatable bonds is 3. The fourth-order valence-electron chi connectivity index (χ4n) is 1.95. The number of hydrogen-bond donors (Lipinski definition) is 1. The molecular formula is C12H14FNO3. The van der Waals surface area contributed by atoms with Gasteiger partial charge in [-0.25, -0.2) is 4.39 Å². The van der Waals surface area contributed by atoms with Gasteiger partial charge in [0, 0.05) is 12.3 Å². The van der Waals surface area contributed by atoms with E-state index in [-0.39, 0.29) is 31.0 Å². The second-order valence-corrected chi connectivity index (χ2v) is 3.92. The molecule has 1 saturated heterocycles. The second kappa shape index (κ2) is 5.25. The quantitative estimate of drug-likeness (QED) is 0.854. The van der Waals surface area contributed by atoms with Crippen molar-refractivity contribution in [1.29, 1.82) is 0 Å². The van der Waals surface area contributed by atoms with E-state index >= 15 is 0 Å². The number of carbonyl (C=O) groups excluding carboxylic acids is 1. The minimum atomic E-state index is -0.340. The molecule has 1 unspecified atom stereocenters. The topological polar surface area (TPSA) is 49.8 Å². The number of amides is 1. The lowest BCUT2D eigenvalue weighted by Gasteiger charge is -2.35.